The Bertz CT molecular complexity index is 929. The van der Waals surface area contributed by atoms with Crippen LogP contribution in [-0.4, -0.2) is 18.6 Å². The van der Waals surface area contributed by atoms with Crippen molar-refractivity contribution in [3.05, 3.63) is 64.1 Å². The second-order valence-electron chi connectivity index (χ2n) is 6.45. The normalized spacial score (nSPS) is 17.1. The lowest BCUT2D eigenvalue weighted by atomic mass is 9.90. The van der Waals surface area contributed by atoms with Crippen LogP contribution < -0.4 is 10.1 Å². The topological polar surface area (TPSA) is 37.0 Å². The predicted molar refractivity (Wildman–Crippen MR) is 94.3 cm³/mol. The average Bonchev–Trinajstić information content (AvgIpc) is 2.95. The number of benzene rings is 2. The van der Waals surface area contributed by atoms with Gasteiger partial charge in [-0.1, -0.05) is 6.07 Å². The van der Waals surface area contributed by atoms with Gasteiger partial charge in [-0.05, 0) is 66.8 Å². The third-order valence-corrected chi connectivity index (χ3v) is 5.22. The molecule has 0 spiro atoms. The highest BCUT2D eigenvalue weighted by Crippen LogP contribution is 2.36. The minimum Gasteiger partial charge on any atom is -0.496 e. The zero-order valence-electron chi connectivity index (χ0n) is 14.2. The number of ether oxygens (including phenoxy) is 1. The van der Waals surface area contributed by atoms with Crippen molar-refractivity contribution in [1.82, 2.24) is 10.3 Å². The third-order valence-electron chi connectivity index (χ3n) is 5.22. The van der Waals surface area contributed by atoms with E-state index in [0.717, 1.165) is 40.9 Å². The van der Waals surface area contributed by atoms with Gasteiger partial charge in [0.1, 0.15) is 11.6 Å². The van der Waals surface area contributed by atoms with Crippen LogP contribution >= 0.6 is 0 Å². The highest BCUT2D eigenvalue weighted by Gasteiger charge is 2.27. The van der Waals surface area contributed by atoms with E-state index in [4.69, 9.17) is 4.74 Å². The zero-order valence-corrected chi connectivity index (χ0v) is 14.2. The first-order valence-corrected chi connectivity index (χ1v) is 8.27. The fraction of sp³-hybridized carbons (Fsp3) is 0.300. The molecule has 124 valence electrons. The van der Waals surface area contributed by atoms with Gasteiger partial charge in [-0.3, -0.25) is 0 Å². The number of methoxy groups -OCH3 is 1. The lowest BCUT2D eigenvalue weighted by Gasteiger charge is -2.27. The smallest absolute Gasteiger partial charge is 0.123 e. The molecule has 0 saturated carbocycles. The van der Waals surface area contributed by atoms with E-state index in [1.807, 2.05) is 12.1 Å². The number of halogens is 1. The summed E-state index contributed by atoms with van der Waals surface area (Å²) in [6.07, 6.45) is 0.906. The summed E-state index contributed by atoms with van der Waals surface area (Å²) in [5.74, 6) is 0.724. The number of hydrogen-bond acceptors (Lipinski definition) is 2. The summed E-state index contributed by atoms with van der Waals surface area (Å²) < 4.78 is 19.1. The third kappa shape index (κ3) is 2.21. The minimum absolute atomic E-state index is 0.0915. The van der Waals surface area contributed by atoms with E-state index < -0.39 is 0 Å². The van der Waals surface area contributed by atoms with Gasteiger partial charge in [0.05, 0.1) is 13.2 Å². The summed E-state index contributed by atoms with van der Waals surface area (Å²) in [6, 6.07) is 9.21. The Labute approximate surface area is 140 Å². The highest BCUT2D eigenvalue weighted by molar-refractivity contribution is 5.85. The Kier molecular flexibility index (Phi) is 3.57. The van der Waals surface area contributed by atoms with E-state index in [1.54, 1.807) is 13.2 Å². The molecule has 1 aliphatic heterocycles. The first kappa shape index (κ1) is 15.2. The molecule has 1 atom stereocenters. The summed E-state index contributed by atoms with van der Waals surface area (Å²) in [6.45, 7) is 5.10. The standard InChI is InChI=1S/C20H21FN2O/c1-11-12(2)18(24-3)7-5-14(11)19-20-15(8-9-22-19)16-10-13(21)4-6-17(16)23-20/h4-7,10,19,22-23H,8-9H2,1-3H3. The average molecular weight is 324 g/mol. The van der Waals surface area contributed by atoms with Crippen molar-refractivity contribution in [3.8, 4) is 5.75 Å². The van der Waals surface area contributed by atoms with Crippen LogP contribution in [0.1, 0.15) is 34.0 Å². The Morgan fingerprint density at radius 2 is 1.96 bits per heavy atom. The molecule has 3 aromatic rings. The number of fused-ring (bicyclic) bond motifs is 3. The van der Waals surface area contributed by atoms with E-state index in [1.165, 1.54) is 22.8 Å². The van der Waals surface area contributed by atoms with Gasteiger partial charge in [0.25, 0.3) is 0 Å². The fourth-order valence-electron chi connectivity index (χ4n) is 3.82. The molecule has 2 N–H and O–H groups in total. The van der Waals surface area contributed by atoms with Crippen molar-refractivity contribution < 1.29 is 9.13 Å². The van der Waals surface area contributed by atoms with Gasteiger partial charge in [-0.15, -0.1) is 0 Å². The molecular formula is C20H21FN2O. The Balaban J connectivity index is 1.88. The molecule has 4 heteroatoms. The number of hydrogen-bond donors (Lipinski definition) is 2. The SMILES string of the molecule is COc1ccc(C2NCCc3c2[nH]c2ccc(F)cc32)c(C)c1C. The highest BCUT2D eigenvalue weighted by atomic mass is 19.1. The molecule has 3 nitrogen and oxygen atoms in total. The molecule has 1 aliphatic rings. The van der Waals surface area contributed by atoms with Crippen LogP contribution in [0, 0.1) is 19.7 Å². The van der Waals surface area contributed by atoms with Crippen molar-refractivity contribution in [3.63, 3.8) is 0 Å². The molecular weight excluding hydrogens is 303 g/mol. The largest absolute Gasteiger partial charge is 0.496 e. The van der Waals surface area contributed by atoms with E-state index in [0.29, 0.717) is 0 Å². The maximum atomic E-state index is 13.7. The van der Waals surface area contributed by atoms with E-state index in [9.17, 15) is 4.39 Å². The Morgan fingerprint density at radius 3 is 2.75 bits per heavy atom. The van der Waals surface area contributed by atoms with Crippen LogP contribution in [0.15, 0.2) is 30.3 Å². The monoisotopic (exact) mass is 324 g/mol. The number of nitrogens with one attached hydrogen (secondary N) is 2. The van der Waals surface area contributed by atoms with E-state index >= 15 is 0 Å². The number of aromatic nitrogens is 1. The van der Waals surface area contributed by atoms with Crippen molar-refractivity contribution in [2.45, 2.75) is 26.3 Å². The van der Waals surface area contributed by atoms with Crippen LogP contribution in [0.2, 0.25) is 0 Å². The van der Waals surface area contributed by atoms with Crippen molar-refractivity contribution in [2.24, 2.45) is 0 Å². The number of aromatic amines is 1. The number of H-pyrrole nitrogens is 1. The lowest BCUT2D eigenvalue weighted by molar-refractivity contribution is 0.410. The first-order chi connectivity index (χ1) is 11.6. The fourth-order valence-corrected chi connectivity index (χ4v) is 3.82. The first-order valence-electron chi connectivity index (χ1n) is 8.27. The quantitative estimate of drug-likeness (QED) is 0.742. The van der Waals surface area contributed by atoms with Crippen LogP contribution in [-0.2, 0) is 6.42 Å². The molecule has 2 heterocycles. The molecule has 0 amide bonds. The second kappa shape index (κ2) is 5.64. The summed E-state index contributed by atoms with van der Waals surface area (Å²) in [4.78, 5) is 3.51. The van der Waals surface area contributed by atoms with E-state index in [-0.39, 0.29) is 11.9 Å². The Morgan fingerprint density at radius 1 is 1.12 bits per heavy atom. The van der Waals surface area contributed by atoms with Crippen molar-refractivity contribution in [2.75, 3.05) is 13.7 Å². The maximum absolute atomic E-state index is 13.7. The van der Waals surface area contributed by atoms with Crippen LogP contribution in [0.3, 0.4) is 0 Å². The van der Waals surface area contributed by atoms with Crippen molar-refractivity contribution in [1.29, 1.82) is 0 Å². The molecule has 24 heavy (non-hydrogen) atoms. The van der Waals surface area contributed by atoms with Crippen LogP contribution in [0.4, 0.5) is 4.39 Å². The van der Waals surface area contributed by atoms with Crippen molar-refractivity contribution >= 4 is 10.9 Å². The van der Waals surface area contributed by atoms with Gasteiger partial charge in [0, 0.05) is 23.1 Å². The lowest BCUT2D eigenvalue weighted by Crippen LogP contribution is -2.31. The molecule has 0 radical (unpaired) electrons. The second-order valence-corrected chi connectivity index (χ2v) is 6.45. The molecule has 1 unspecified atom stereocenters. The van der Waals surface area contributed by atoms with Gasteiger partial charge < -0.3 is 15.0 Å². The maximum Gasteiger partial charge on any atom is 0.123 e. The van der Waals surface area contributed by atoms with Gasteiger partial charge in [0.2, 0.25) is 0 Å². The Hall–Kier alpha value is -2.33. The van der Waals surface area contributed by atoms with Crippen LogP contribution in [0.5, 0.6) is 5.75 Å². The molecule has 0 saturated heterocycles. The molecule has 0 aliphatic carbocycles. The predicted octanol–water partition coefficient (Wildman–Crippen LogP) is 4.17. The zero-order chi connectivity index (χ0) is 16.8. The van der Waals surface area contributed by atoms with Crippen LogP contribution in [0.25, 0.3) is 10.9 Å². The summed E-state index contributed by atoms with van der Waals surface area (Å²) in [7, 11) is 1.70. The van der Waals surface area contributed by atoms with Gasteiger partial charge in [-0.25, -0.2) is 4.39 Å². The molecule has 2 aromatic carbocycles. The number of rotatable bonds is 2. The molecule has 0 fully saturated rings. The molecule has 0 bridgehead atoms. The summed E-state index contributed by atoms with van der Waals surface area (Å²) in [5.41, 5.74) is 6.99. The molecule has 4 rings (SSSR count). The van der Waals surface area contributed by atoms with E-state index in [2.05, 4.69) is 30.2 Å². The van der Waals surface area contributed by atoms with Gasteiger partial charge in [0.15, 0.2) is 0 Å². The minimum atomic E-state index is -0.184. The summed E-state index contributed by atoms with van der Waals surface area (Å²) in [5, 5.41) is 4.61. The summed E-state index contributed by atoms with van der Waals surface area (Å²) >= 11 is 0. The van der Waals surface area contributed by atoms with Gasteiger partial charge in [-0.2, -0.15) is 0 Å². The van der Waals surface area contributed by atoms with Gasteiger partial charge >= 0.3 is 0 Å². The molecule has 1 aromatic heterocycles.